The van der Waals surface area contributed by atoms with E-state index in [-0.39, 0.29) is 6.61 Å². The van der Waals surface area contributed by atoms with Crippen LogP contribution in [0.3, 0.4) is 0 Å². The molecule has 3 aromatic rings. The van der Waals surface area contributed by atoms with E-state index < -0.39 is 0 Å². The Hall–Kier alpha value is -2.92. The molecule has 0 bridgehead atoms. The molecule has 2 atom stereocenters. The van der Waals surface area contributed by atoms with Crippen LogP contribution in [0.1, 0.15) is 30.7 Å². The molecule has 5 heteroatoms. The van der Waals surface area contributed by atoms with E-state index >= 15 is 0 Å². The number of nitrogens with one attached hydrogen (secondary N) is 1. The lowest BCUT2D eigenvalue weighted by Gasteiger charge is -2.15. The third-order valence-corrected chi connectivity index (χ3v) is 5.05. The molecular weight excluding hydrogens is 338 g/mol. The standard InChI is InChI=1S/C22H23N3O2/c26-15-16-6-7-17(14-16)20-4-3-13-24-22(20)27-19-10-8-18(9-11-19)25-21-5-1-2-12-23-21/h1-5,8-13,16-17,26H,6-7,14-15H2,(H,23,25)/t16-,17+/m0/s1. The Labute approximate surface area is 159 Å². The molecule has 5 nitrogen and oxygen atoms in total. The van der Waals surface area contributed by atoms with Gasteiger partial charge in [-0.25, -0.2) is 9.97 Å². The lowest BCUT2D eigenvalue weighted by atomic mass is 9.97. The summed E-state index contributed by atoms with van der Waals surface area (Å²) in [5.41, 5.74) is 2.08. The van der Waals surface area contributed by atoms with Gasteiger partial charge in [-0.15, -0.1) is 0 Å². The predicted octanol–water partition coefficient (Wildman–Crippen LogP) is 4.89. The van der Waals surface area contributed by atoms with E-state index in [1.54, 1.807) is 12.4 Å². The number of hydrogen-bond acceptors (Lipinski definition) is 5. The second-order valence-electron chi connectivity index (χ2n) is 6.92. The van der Waals surface area contributed by atoms with Crippen LogP contribution >= 0.6 is 0 Å². The van der Waals surface area contributed by atoms with E-state index in [4.69, 9.17) is 4.74 Å². The summed E-state index contributed by atoms with van der Waals surface area (Å²) in [5, 5.41) is 12.7. The summed E-state index contributed by atoms with van der Waals surface area (Å²) in [6.45, 7) is 0.262. The van der Waals surface area contributed by atoms with Gasteiger partial charge in [-0.05, 0) is 73.6 Å². The second-order valence-corrected chi connectivity index (χ2v) is 6.92. The summed E-state index contributed by atoms with van der Waals surface area (Å²) in [7, 11) is 0. The van der Waals surface area contributed by atoms with Crippen molar-refractivity contribution >= 4 is 11.5 Å². The highest BCUT2D eigenvalue weighted by Crippen LogP contribution is 2.41. The van der Waals surface area contributed by atoms with Crippen LogP contribution in [-0.4, -0.2) is 21.7 Å². The number of benzene rings is 1. The van der Waals surface area contributed by atoms with E-state index in [9.17, 15) is 5.11 Å². The van der Waals surface area contributed by atoms with Gasteiger partial charge in [-0.3, -0.25) is 0 Å². The van der Waals surface area contributed by atoms with Gasteiger partial charge in [0.05, 0.1) is 0 Å². The van der Waals surface area contributed by atoms with Crippen molar-refractivity contribution in [1.82, 2.24) is 9.97 Å². The highest BCUT2D eigenvalue weighted by molar-refractivity contribution is 5.57. The quantitative estimate of drug-likeness (QED) is 0.654. The highest BCUT2D eigenvalue weighted by atomic mass is 16.5. The van der Waals surface area contributed by atoms with Gasteiger partial charge < -0.3 is 15.2 Å². The number of anilines is 2. The van der Waals surface area contributed by atoms with Crippen LogP contribution in [0.2, 0.25) is 0 Å². The number of ether oxygens (including phenoxy) is 1. The molecule has 27 heavy (non-hydrogen) atoms. The molecule has 138 valence electrons. The van der Waals surface area contributed by atoms with Gasteiger partial charge >= 0.3 is 0 Å². The Morgan fingerprint density at radius 2 is 1.81 bits per heavy atom. The van der Waals surface area contributed by atoms with E-state index in [0.717, 1.165) is 42.1 Å². The second kappa shape index (κ2) is 8.18. The van der Waals surface area contributed by atoms with E-state index in [1.807, 2.05) is 48.5 Å². The fraction of sp³-hybridized carbons (Fsp3) is 0.273. The zero-order valence-electron chi connectivity index (χ0n) is 15.1. The summed E-state index contributed by atoms with van der Waals surface area (Å²) in [6, 6.07) is 17.6. The molecular formula is C22H23N3O2. The number of rotatable bonds is 6. The van der Waals surface area contributed by atoms with Crippen molar-refractivity contribution in [2.45, 2.75) is 25.2 Å². The number of aliphatic hydroxyl groups excluding tert-OH is 1. The predicted molar refractivity (Wildman–Crippen MR) is 105 cm³/mol. The minimum atomic E-state index is 0.262. The highest BCUT2D eigenvalue weighted by Gasteiger charge is 2.28. The van der Waals surface area contributed by atoms with Crippen molar-refractivity contribution in [1.29, 1.82) is 0 Å². The maximum Gasteiger partial charge on any atom is 0.222 e. The molecule has 2 N–H and O–H groups in total. The Bertz CT molecular complexity index is 868. The average molecular weight is 361 g/mol. The van der Waals surface area contributed by atoms with Crippen molar-refractivity contribution < 1.29 is 9.84 Å². The molecule has 1 fully saturated rings. The van der Waals surface area contributed by atoms with Crippen LogP contribution < -0.4 is 10.1 Å². The molecule has 4 rings (SSSR count). The van der Waals surface area contributed by atoms with Gasteiger partial charge in [0.2, 0.25) is 5.88 Å². The molecule has 2 heterocycles. The fourth-order valence-electron chi connectivity index (χ4n) is 3.63. The molecule has 1 aliphatic rings. The molecule has 1 saturated carbocycles. The molecule has 0 radical (unpaired) electrons. The van der Waals surface area contributed by atoms with Gasteiger partial charge in [0.25, 0.3) is 0 Å². The normalized spacial score (nSPS) is 19.0. The molecule has 0 unspecified atom stereocenters. The summed E-state index contributed by atoms with van der Waals surface area (Å²) < 4.78 is 6.08. The molecule has 1 aromatic carbocycles. The molecule has 0 aliphatic heterocycles. The molecule has 0 amide bonds. The number of pyridine rings is 2. The van der Waals surface area contributed by atoms with Gasteiger partial charge in [-0.2, -0.15) is 0 Å². The summed E-state index contributed by atoms with van der Waals surface area (Å²) in [6.07, 6.45) is 6.64. The lowest BCUT2D eigenvalue weighted by Crippen LogP contribution is -2.02. The topological polar surface area (TPSA) is 67.3 Å². The van der Waals surface area contributed by atoms with Crippen molar-refractivity contribution in [3.63, 3.8) is 0 Å². The van der Waals surface area contributed by atoms with Crippen molar-refractivity contribution in [3.05, 3.63) is 72.6 Å². The summed E-state index contributed by atoms with van der Waals surface area (Å²) >= 11 is 0. The Morgan fingerprint density at radius 3 is 2.56 bits per heavy atom. The van der Waals surface area contributed by atoms with Crippen molar-refractivity contribution in [2.24, 2.45) is 5.92 Å². The SMILES string of the molecule is OC[C@H]1CC[C@@H](c2cccnc2Oc2ccc(Nc3ccccn3)cc2)C1. The van der Waals surface area contributed by atoms with Gasteiger partial charge in [0, 0.05) is 30.3 Å². The summed E-state index contributed by atoms with van der Waals surface area (Å²) in [5.74, 6) is 3.00. The molecule has 2 aromatic heterocycles. The maximum atomic E-state index is 9.41. The Balaban J connectivity index is 1.46. The first-order valence-electron chi connectivity index (χ1n) is 9.33. The van der Waals surface area contributed by atoms with Crippen molar-refractivity contribution in [2.75, 3.05) is 11.9 Å². The van der Waals surface area contributed by atoms with Crippen LogP contribution in [-0.2, 0) is 0 Å². The van der Waals surface area contributed by atoms with Gasteiger partial charge in [-0.1, -0.05) is 12.1 Å². The Kier molecular flexibility index (Phi) is 5.30. The monoisotopic (exact) mass is 361 g/mol. The third kappa shape index (κ3) is 4.26. The fourth-order valence-corrected chi connectivity index (χ4v) is 3.63. The molecule has 0 saturated heterocycles. The zero-order chi connectivity index (χ0) is 18.5. The third-order valence-electron chi connectivity index (χ3n) is 5.05. The van der Waals surface area contributed by atoms with Crippen molar-refractivity contribution in [3.8, 4) is 11.6 Å². The van der Waals surface area contributed by atoms with Crippen LogP contribution in [0.5, 0.6) is 11.6 Å². The number of hydrogen-bond donors (Lipinski definition) is 2. The number of nitrogens with zero attached hydrogens (tertiary/aromatic N) is 2. The first-order chi connectivity index (χ1) is 13.3. The first-order valence-corrected chi connectivity index (χ1v) is 9.33. The lowest BCUT2D eigenvalue weighted by molar-refractivity contribution is 0.228. The van der Waals surface area contributed by atoms with Gasteiger partial charge in [0.15, 0.2) is 0 Å². The zero-order valence-corrected chi connectivity index (χ0v) is 15.1. The first kappa shape index (κ1) is 17.5. The minimum Gasteiger partial charge on any atom is -0.439 e. The smallest absolute Gasteiger partial charge is 0.222 e. The molecule has 0 spiro atoms. The van der Waals surface area contributed by atoms with Gasteiger partial charge in [0.1, 0.15) is 11.6 Å². The minimum absolute atomic E-state index is 0.262. The van der Waals surface area contributed by atoms with E-state index in [0.29, 0.717) is 17.7 Å². The van der Waals surface area contributed by atoms with E-state index in [2.05, 4.69) is 21.4 Å². The van der Waals surface area contributed by atoms with Crippen LogP contribution in [0, 0.1) is 5.92 Å². The van der Waals surface area contributed by atoms with Crippen LogP contribution in [0.4, 0.5) is 11.5 Å². The van der Waals surface area contributed by atoms with Crippen LogP contribution in [0.15, 0.2) is 67.0 Å². The molecule has 1 aliphatic carbocycles. The van der Waals surface area contributed by atoms with E-state index in [1.165, 1.54) is 0 Å². The average Bonchev–Trinajstić information content (AvgIpc) is 3.20. The maximum absolute atomic E-state index is 9.41. The Morgan fingerprint density at radius 1 is 0.963 bits per heavy atom. The van der Waals surface area contributed by atoms with Crippen LogP contribution in [0.25, 0.3) is 0 Å². The summed E-state index contributed by atoms with van der Waals surface area (Å²) in [4.78, 5) is 8.71. The number of aromatic nitrogens is 2. The largest absolute Gasteiger partial charge is 0.439 e. The number of aliphatic hydroxyl groups is 1.